The van der Waals surface area contributed by atoms with Gasteiger partial charge in [0.25, 0.3) is 5.56 Å². The first-order valence-electron chi connectivity index (χ1n) is 6.97. The molecule has 3 nitrogen and oxygen atoms in total. The Morgan fingerprint density at radius 3 is 3.11 bits per heavy atom. The first-order valence-corrected chi connectivity index (χ1v) is 8.13. The standard InChI is InChI=1S/C14H20N2OS/c1-2-9-4-3-5-10(6-9)13-15-12-8-18-7-11(12)14(17)16-13/h9-10H,2-8H2,1H3,(H,15,16,17). The summed E-state index contributed by atoms with van der Waals surface area (Å²) < 4.78 is 0. The van der Waals surface area contributed by atoms with Crippen molar-refractivity contribution in [3.05, 3.63) is 27.4 Å². The van der Waals surface area contributed by atoms with Gasteiger partial charge >= 0.3 is 0 Å². The van der Waals surface area contributed by atoms with E-state index in [1.807, 2.05) is 0 Å². The van der Waals surface area contributed by atoms with Crippen molar-refractivity contribution in [3.63, 3.8) is 0 Å². The highest BCUT2D eigenvalue weighted by Crippen LogP contribution is 2.36. The van der Waals surface area contributed by atoms with Crippen molar-refractivity contribution < 1.29 is 0 Å². The summed E-state index contributed by atoms with van der Waals surface area (Å²) in [5.41, 5.74) is 2.06. The lowest BCUT2D eigenvalue weighted by atomic mass is 9.80. The van der Waals surface area contributed by atoms with Gasteiger partial charge in [0.2, 0.25) is 0 Å². The molecule has 0 aromatic carbocycles. The second-order valence-corrected chi connectivity index (χ2v) is 6.49. The molecule has 2 heterocycles. The summed E-state index contributed by atoms with van der Waals surface area (Å²) >= 11 is 1.79. The molecule has 1 aliphatic heterocycles. The minimum absolute atomic E-state index is 0.110. The van der Waals surface area contributed by atoms with Gasteiger partial charge in [0.1, 0.15) is 5.82 Å². The lowest BCUT2D eigenvalue weighted by Crippen LogP contribution is -2.22. The lowest BCUT2D eigenvalue weighted by Gasteiger charge is -2.27. The van der Waals surface area contributed by atoms with Gasteiger partial charge in [-0.05, 0) is 18.8 Å². The van der Waals surface area contributed by atoms with Crippen LogP contribution in [0.2, 0.25) is 0 Å². The largest absolute Gasteiger partial charge is 0.310 e. The Morgan fingerprint density at radius 1 is 1.39 bits per heavy atom. The lowest BCUT2D eigenvalue weighted by molar-refractivity contribution is 0.306. The van der Waals surface area contributed by atoms with Gasteiger partial charge in [-0.15, -0.1) is 0 Å². The Bertz CT molecular complexity index is 497. The van der Waals surface area contributed by atoms with Crippen LogP contribution < -0.4 is 5.56 Å². The highest BCUT2D eigenvalue weighted by Gasteiger charge is 2.26. The van der Waals surface area contributed by atoms with E-state index in [4.69, 9.17) is 4.98 Å². The van der Waals surface area contributed by atoms with E-state index in [0.29, 0.717) is 5.92 Å². The fraction of sp³-hybridized carbons (Fsp3) is 0.714. The number of H-pyrrole nitrogens is 1. The number of rotatable bonds is 2. The summed E-state index contributed by atoms with van der Waals surface area (Å²) in [5.74, 6) is 4.00. The van der Waals surface area contributed by atoms with E-state index in [0.717, 1.165) is 34.5 Å². The number of nitrogens with one attached hydrogen (secondary N) is 1. The highest BCUT2D eigenvalue weighted by molar-refractivity contribution is 7.98. The molecule has 18 heavy (non-hydrogen) atoms. The van der Waals surface area contributed by atoms with E-state index in [2.05, 4.69) is 11.9 Å². The summed E-state index contributed by atoms with van der Waals surface area (Å²) in [5, 5.41) is 0. The summed E-state index contributed by atoms with van der Waals surface area (Å²) in [4.78, 5) is 19.8. The fourth-order valence-electron chi connectivity index (χ4n) is 3.19. The van der Waals surface area contributed by atoms with Gasteiger partial charge in [0.05, 0.1) is 5.69 Å². The van der Waals surface area contributed by atoms with Gasteiger partial charge in [0.15, 0.2) is 0 Å². The van der Waals surface area contributed by atoms with E-state index >= 15 is 0 Å². The van der Waals surface area contributed by atoms with E-state index < -0.39 is 0 Å². The maximum Gasteiger partial charge on any atom is 0.255 e. The van der Waals surface area contributed by atoms with Crippen molar-refractivity contribution >= 4 is 11.8 Å². The Hall–Kier alpha value is -0.770. The molecular formula is C14H20N2OS. The summed E-state index contributed by atoms with van der Waals surface area (Å²) in [7, 11) is 0. The van der Waals surface area contributed by atoms with Crippen LogP contribution in [0.3, 0.4) is 0 Å². The van der Waals surface area contributed by atoms with Crippen LogP contribution in [-0.2, 0) is 11.5 Å². The molecule has 1 aromatic heterocycles. The maximum absolute atomic E-state index is 12.0. The molecule has 98 valence electrons. The molecule has 0 radical (unpaired) electrons. The molecule has 2 atom stereocenters. The predicted molar refractivity (Wildman–Crippen MR) is 74.8 cm³/mol. The van der Waals surface area contributed by atoms with E-state index in [-0.39, 0.29) is 5.56 Å². The van der Waals surface area contributed by atoms with Gasteiger partial charge in [0, 0.05) is 23.0 Å². The van der Waals surface area contributed by atoms with E-state index in [1.165, 1.54) is 32.1 Å². The Balaban J connectivity index is 1.88. The Kier molecular flexibility index (Phi) is 3.46. The fourth-order valence-corrected chi connectivity index (χ4v) is 4.22. The van der Waals surface area contributed by atoms with Gasteiger partial charge < -0.3 is 4.98 Å². The summed E-state index contributed by atoms with van der Waals surface area (Å²) in [6.45, 7) is 2.27. The average molecular weight is 264 g/mol. The molecule has 1 aliphatic carbocycles. The van der Waals surface area contributed by atoms with Gasteiger partial charge in [-0.1, -0.05) is 26.2 Å². The third-order valence-corrected chi connectivity index (χ3v) is 5.32. The molecule has 0 spiro atoms. The van der Waals surface area contributed by atoms with Crippen LogP contribution in [0.15, 0.2) is 4.79 Å². The monoisotopic (exact) mass is 264 g/mol. The second-order valence-electron chi connectivity index (χ2n) is 5.51. The number of aromatic nitrogens is 2. The SMILES string of the molecule is CCC1CCCC(c2nc3c(c(=O)[nH]2)CSC3)C1. The number of thioether (sulfide) groups is 1. The number of hydrogen-bond donors (Lipinski definition) is 1. The normalized spacial score (nSPS) is 27.2. The van der Waals surface area contributed by atoms with Crippen LogP contribution in [0, 0.1) is 5.92 Å². The van der Waals surface area contributed by atoms with Crippen LogP contribution in [0.1, 0.15) is 62.0 Å². The van der Waals surface area contributed by atoms with Crippen LogP contribution >= 0.6 is 11.8 Å². The average Bonchev–Trinajstić information content (AvgIpc) is 2.87. The van der Waals surface area contributed by atoms with Gasteiger partial charge in [-0.25, -0.2) is 4.98 Å². The Labute approximate surface area is 112 Å². The molecule has 2 aliphatic rings. The number of hydrogen-bond acceptors (Lipinski definition) is 3. The van der Waals surface area contributed by atoms with Crippen LogP contribution in [0.25, 0.3) is 0 Å². The maximum atomic E-state index is 12.0. The molecule has 0 saturated heterocycles. The van der Waals surface area contributed by atoms with Crippen molar-refractivity contribution in [2.24, 2.45) is 5.92 Å². The first-order chi connectivity index (χ1) is 8.78. The molecule has 1 fully saturated rings. The number of aromatic amines is 1. The zero-order valence-electron chi connectivity index (χ0n) is 10.9. The molecule has 0 bridgehead atoms. The molecule has 0 amide bonds. The molecule has 4 heteroatoms. The smallest absolute Gasteiger partial charge is 0.255 e. The van der Waals surface area contributed by atoms with Crippen molar-refractivity contribution in [1.29, 1.82) is 0 Å². The second kappa shape index (κ2) is 5.08. The number of nitrogens with zero attached hydrogens (tertiary/aromatic N) is 1. The van der Waals surface area contributed by atoms with Gasteiger partial charge in [-0.3, -0.25) is 4.79 Å². The number of fused-ring (bicyclic) bond motifs is 1. The zero-order valence-corrected chi connectivity index (χ0v) is 11.7. The summed E-state index contributed by atoms with van der Waals surface area (Å²) in [6, 6.07) is 0. The van der Waals surface area contributed by atoms with Crippen molar-refractivity contribution in [2.45, 2.75) is 56.5 Å². The molecule has 2 unspecified atom stereocenters. The molecule has 1 N–H and O–H groups in total. The third kappa shape index (κ3) is 2.22. The molecule has 1 saturated carbocycles. The first kappa shape index (κ1) is 12.3. The predicted octanol–water partition coefficient (Wildman–Crippen LogP) is 3.20. The third-order valence-electron chi connectivity index (χ3n) is 4.35. The van der Waals surface area contributed by atoms with E-state index in [9.17, 15) is 4.79 Å². The minimum Gasteiger partial charge on any atom is -0.310 e. The zero-order chi connectivity index (χ0) is 12.5. The van der Waals surface area contributed by atoms with Crippen LogP contribution in [0.5, 0.6) is 0 Å². The molecule has 3 rings (SSSR count). The molecular weight excluding hydrogens is 244 g/mol. The minimum atomic E-state index is 0.110. The van der Waals surface area contributed by atoms with E-state index in [1.54, 1.807) is 11.8 Å². The topological polar surface area (TPSA) is 45.8 Å². The van der Waals surface area contributed by atoms with Crippen LogP contribution in [-0.4, -0.2) is 9.97 Å². The molecule has 1 aromatic rings. The highest BCUT2D eigenvalue weighted by atomic mass is 32.2. The van der Waals surface area contributed by atoms with Crippen molar-refractivity contribution in [2.75, 3.05) is 0 Å². The summed E-state index contributed by atoms with van der Waals surface area (Å²) in [6.07, 6.45) is 6.26. The Morgan fingerprint density at radius 2 is 2.28 bits per heavy atom. The van der Waals surface area contributed by atoms with Gasteiger partial charge in [-0.2, -0.15) is 11.8 Å². The quantitative estimate of drug-likeness (QED) is 0.892. The van der Waals surface area contributed by atoms with Crippen molar-refractivity contribution in [3.8, 4) is 0 Å². The van der Waals surface area contributed by atoms with Crippen LogP contribution in [0.4, 0.5) is 0 Å². The van der Waals surface area contributed by atoms with Crippen molar-refractivity contribution in [1.82, 2.24) is 9.97 Å².